The van der Waals surface area contributed by atoms with Crippen molar-refractivity contribution in [3.05, 3.63) is 35.0 Å². The van der Waals surface area contributed by atoms with Gasteiger partial charge in [0.05, 0.1) is 25.7 Å². The molecule has 40 heavy (non-hydrogen) atoms. The topological polar surface area (TPSA) is 196 Å². The number of imidazole rings is 2. The molecule has 22 heteroatoms. The highest BCUT2D eigenvalue weighted by molar-refractivity contribution is 8.60. The standard InChI is InChI=1S/C18H20FN9O7P2S3/c19-11-9-4-33-37(39,40)31-2-1-27-10(24-8-3-21-6-22-14(8)27)5-32-36(30,38)35-13(11)17(34-9)28-7-23-12-15(28)25-18(20)26-16(12)29/h3,6-7,9,11,13,17H,1-2,4-5H2,(H,30,38)(H,39,40)(H3,20,25,26,29)/t9-,11-,13-,17-,36?/m1/s1. The summed E-state index contributed by atoms with van der Waals surface area (Å²) < 4.78 is 60.6. The number of nitrogens with two attached hydrogens (primary N) is 1. The van der Waals surface area contributed by atoms with Gasteiger partial charge in [-0.2, -0.15) is 4.98 Å². The van der Waals surface area contributed by atoms with E-state index < -0.39 is 42.7 Å². The second-order valence-electron chi connectivity index (χ2n) is 8.61. The van der Waals surface area contributed by atoms with Gasteiger partial charge < -0.3 is 24.1 Å². The average molecular weight is 652 g/mol. The molecule has 214 valence electrons. The molecule has 6 heterocycles. The number of fused-ring (bicyclic) bond motifs is 6. The Hall–Kier alpha value is -1.99. The van der Waals surface area contributed by atoms with Crippen molar-refractivity contribution in [2.75, 3.05) is 18.9 Å². The molecule has 2 aliphatic heterocycles. The Labute approximate surface area is 239 Å². The van der Waals surface area contributed by atoms with Crippen molar-refractivity contribution >= 4 is 77.1 Å². The zero-order valence-electron chi connectivity index (χ0n) is 20.0. The van der Waals surface area contributed by atoms with E-state index in [9.17, 15) is 9.36 Å². The lowest BCUT2D eigenvalue weighted by molar-refractivity contribution is -0.0433. The summed E-state index contributed by atoms with van der Waals surface area (Å²) in [6.45, 7) is -4.74. The number of aromatic amines is 1. The lowest BCUT2D eigenvalue weighted by Crippen LogP contribution is -2.31. The average Bonchev–Trinajstić information content (AvgIpc) is 3.55. The molecular formula is C18H20FN9O7P2S3. The maximum atomic E-state index is 15.9. The van der Waals surface area contributed by atoms with Crippen molar-refractivity contribution in [2.24, 2.45) is 0 Å². The van der Waals surface area contributed by atoms with E-state index in [2.05, 4.69) is 54.4 Å². The Balaban J connectivity index is 1.38. The molecule has 4 aromatic heterocycles. The Morgan fingerprint density at radius 2 is 2.02 bits per heavy atom. The minimum atomic E-state index is -4.26. The summed E-state index contributed by atoms with van der Waals surface area (Å²) in [5.41, 5.74) is 2.73. The van der Waals surface area contributed by atoms with Crippen LogP contribution in [-0.2, 0) is 52.4 Å². The van der Waals surface area contributed by atoms with Crippen LogP contribution in [0.25, 0.3) is 22.3 Å². The van der Waals surface area contributed by atoms with Crippen LogP contribution in [0.1, 0.15) is 12.1 Å². The third-order valence-electron chi connectivity index (χ3n) is 6.06. The summed E-state index contributed by atoms with van der Waals surface area (Å²) in [5, 5.41) is 0. The molecule has 1 saturated heterocycles. The largest absolute Gasteiger partial charge is 0.387 e. The minimum Gasteiger partial charge on any atom is -0.369 e. The van der Waals surface area contributed by atoms with Crippen LogP contribution in [0.2, 0.25) is 0 Å². The van der Waals surface area contributed by atoms with Crippen LogP contribution in [0.3, 0.4) is 0 Å². The molecule has 16 nitrogen and oxygen atoms in total. The first-order valence-electron chi connectivity index (χ1n) is 11.5. The predicted octanol–water partition coefficient (Wildman–Crippen LogP) is 1.92. The van der Waals surface area contributed by atoms with Crippen molar-refractivity contribution in [2.45, 2.75) is 37.8 Å². The van der Waals surface area contributed by atoms with Gasteiger partial charge in [-0.25, -0.2) is 28.9 Å². The van der Waals surface area contributed by atoms with E-state index in [1.165, 1.54) is 23.4 Å². The zero-order chi connectivity index (χ0) is 28.2. The lowest BCUT2D eigenvalue weighted by atomic mass is 10.1. The summed E-state index contributed by atoms with van der Waals surface area (Å²) in [6, 6.07) is 0. The quantitative estimate of drug-likeness (QED) is 0.172. The van der Waals surface area contributed by atoms with Crippen molar-refractivity contribution < 1.29 is 31.8 Å². The molecule has 2 unspecified atom stereocenters. The van der Waals surface area contributed by atoms with Gasteiger partial charge in [0.2, 0.25) is 11.6 Å². The van der Waals surface area contributed by atoms with Crippen LogP contribution in [0, 0.1) is 0 Å². The highest BCUT2D eigenvalue weighted by Gasteiger charge is 2.51. The number of anilines is 1. The number of hydrogen-bond donors (Lipinski definition) is 4. The normalized spacial score (nSPS) is 32.1. The molecule has 0 aromatic carbocycles. The number of aromatic nitrogens is 8. The van der Waals surface area contributed by atoms with Gasteiger partial charge in [-0.15, -0.1) is 0 Å². The highest BCUT2D eigenvalue weighted by atomic mass is 32.9. The van der Waals surface area contributed by atoms with E-state index in [0.717, 1.165) is 0 Å². The smallest absolute Gasteiger partial charge is 0.369 e. The van der Waals surface area contributed by atoms with Crippen LogP contribution >= 0.6 is 37.0 Å². The Bertz CT molecular complexity index is 1750. The summed E-state index contributed by atoms with van der Waals surface area (Å²) in [7, 11) is 0. The molecule has 1 fully saturated rings. The number of H-pyrrole nitrogens is 1. The SMILES string of the molecule is Nc1nc2c(ncn2[C@@H]2O[C@@H]3COP(=S)(S)OCCn4c(nc5cncnc54)COP(=O)(S)O[C@@H]2[C@@H]3F)c(=O)[nH]1. The number of halogens is 1. The van der Waals surface area contributed by atoms with Gasteiger partial charge >= 0.3 is 6.80 Å². The van der Waals surface area contributed by atoms with Crippen LogP contribution in [0.5, 0.6) is 0 Å². The Morgan fingerprint density at radius 1 is 1.20 bits per heavy atom. The van der Waals surface area contributed by atoms with E-state index >= 15 is 4.39 Å². The molecule has 0 saturated carbocycles. The third-order valence-corrected chi connectivity index (χ3v) is 9.97. The molecule has 0 spiro atoms. The number of rotatable bonds is 1. The number of nitrogens with one attached hydrogen (secondary N) is 1. The first-order valence-corrected chi connectivity index (χ1v) is 17.9. The third kappa shape index (κ3) is 5.45. The van der Waals surface area contributed by atoms with Crippen LogP contribution in [-0.4, -0.2) is 70.6 Å². The molecule has 0 aliphatic carbocycles. The molecule has 0 amide bonds. The number of alkyl halides is 1. The van der Waals surface area contributed by atoms with E-state index in [1.54, 1.807) is 4.57 Å². The van der Waals surface area contributed by atoms with Gasteiger partial charge in [-0.1, -0.05) is 24.5 Å². The van der Waals surface area contributed by atoms with Gasteiger partial charge in [0.15, 0.2) is 29.2 Å². The van der Waals surface area contributed by atoms with Gasteiger partial charge in [0.1, 0.15) is 36.5 Å². The minimum absolute atomic E-state index is 0.0181. The van der Waals surface area contributed by atoms with Crippen molar-refractivity contribution in [3.63, 3.8) is 0 Å². The maximum Gasteiger partial charge on any atom is 0.387 e. The lowest BCUT2D eigenvalue weighted by Gasteiger charge is -2.24. The van der Waals surface area contributed by atoms with Crippen LogP contribution < -0.4 is 11.3 Å². The number of hydrogen-bond acceptors (Lipinski definition) is 14. The fourth-order valence-corrected chi connectivity index (χ4v) is 7.28. The highest BCUT2D eigenvalue weighted by Crippen LogP contribution is 2.58. The molecule has 0 radical (unpaired) electrons. The summed E-state index contributed by atoms with van der Waals surface area (Å²) >= 11 is 13.8. The molecule has 2 bridgehead atoms. The fourth-order valence-electron chi connectivity index (χ4n) is 4.34. The predicted molar refractivity (Wildman–Crippen MR) is 148 cm³/mol. The summed E-state index contributed by atoms with van der Waals surface area (Å²) in [5.74, 6) is 0.0955. The summed E-state index contributed by atoms with van der Waals surface area (Å²) in [6.07, 6.45) is -2.08. The first-order chi connectivity index (χ1) is 19.0. The molecule has 4 aromatic rings. The van der Waals surface area contributed by atoms with Crippen molar-refractivity contribution in [1.29, 1.82) is 0 Å². The molecular weight excluding hydrogens is 631 g/mol. The van der Waals surface area contributed by atoms with Gasteiger partial charge in [0, 0.05) is 6.54 Å². The fraction of sp³-hybridized carbons (Fsp3) is 0.444. The second-order valence-corrected chi connectivity index (χ2v) is 16.8. The number of nitrogen functional groups attached to an aromatic ring is 1. The van der Waals surface area contributed by atoms with E-state index in [1.807, 2.05) is 0 Å². The van der Waals surface area contributed by atoms with Crippen molar-refractivity contribution in [3.8, 4) is 0 Å². The molecule has 2 aliphatic rings. The molecule has 6 atom stereocenters. The molecule has 3 N–H and O–H groups in total. The van der Waals surface area contributed by atoms with E-state index in [0.29, 0.717) is 17.0 Å². The van der Waals surface area contributed by atoms with E-state index in [4.69, 9.17) is 40.4 Å². The zero-order valence-corrected chi connectivity index (χ0v) is 24.4. The van der Waals surface area contributed by atoms with Gasteiger partial charge in [0.25, 0.3) is 5.56 Å². The monoisotopic (exact) mass is 651 g/mol. The Kier molecular flexibility index (Phi) is 7.52. The van der Waals surface area contributed by atoms with Crippen LogP contribution in [0.15, 0.2) is 23.6 Å². The van der Waals surface area contributed by atoms with Crippen molar-refractivity contribution in [1.82, 2.24) is 39.0 Å². The Morgan fingerprint density at radius 3 is 2.85 bits per heavy atom. The number of nitrogens with zero attached hydrogens (tertiary/aromatic N) is 7. The number of ether oxygens (including phenoxy) is 1. The second kappa shape index (κ2) is 10.7. The summed E-state index contributed by atoms with van der Waals surface area (Å²) in [4.78, 5) is 35.4. The van der Waals surface area contributed by atoms with E-state index in [-0.39, 0.29) is 43.5 Å². The maximum absolute atomic E-state index is 15.9. The number of thiol groups is 2. The molecule has 6 rings (SSSR count). The van der Waals surface area contributed by atoms with Gasteiger partial charge in [-0.05, 0) is 11.8 Å². The van der Waals surface area contributed by atoms with Crippen LogP contribution in [0.4, 0.5) is 10.3 Å². The van der Waals surface area contributed by atoms with Gasteiger partial charge in [-0.3, -0.25) is 23.4 Å². The first kappa shape index (κ1) is 28.1.